The highest BCUT2D eigenvalue weighted by Crippen LogP contribution is 2.29. The molecule has 1 aromatic rings. The van der Waals surface area contributed by atoms with E-state index in [1.54, 1.807) is 0 Å². The highest BCUT2D eigenvalue weighted by Gasteiger charge is 2.16. The smallest absolute Gasteiger partial charge is 0.147 e. The van der Waals surface area contributed by atoms with Crippen LogP contribution in [-0.2, 0) is 15.3 Å². The first-order valence-corrected chi connectivity index (χ1v) is 8.27. The average Bonchev–Trinajstić information content (AvgIpc) is 2.22. The van der Waals surface area contributed by atoms with Gasteiger partial charge in [0.1, 0.15) is 9.84 Å². The van der Waals surface area contributed by atoms with Crippen LogP contribution in [0, 0.1) is 0 Å². The third kappa shape index (κ3) is 5.08. The van der Waals surface area contributed by atoms with Gasteiger partial charge in [-0.15, -0.1) is 0 Å². The molecule has 0 heterocycles. The third-order valence-electron chi connectivity index (χ3n) is 2.74. The standard InChI is InChI=1S/C14H23NO2S/c1-14(2,3)12-8-5-6-9-13(12)15-10-7-11-18(4,16)17/h5-6,8-9,15H,7,10-11H2,1-4H3. The molecule has 18 heavy (non-hydrogen) atoms. The zero-order valence-corrected chi connectivity index (χ0v) is 12.5. The third-order valence-corrected chi connectivity index (χ3v) is 3.77. The van der Waals surface area contributed by atoms with E-state index in [0.717, 1.165) is 5.69 Å². The van der Waals surface area contributed by atoms with Crippen LogP contribution in [0.1, 0.15) is 32.8 Å². The fraction of sp³-hybridized carbons (Fsp3) is 0.571. The minimum Gasteiger partial charge on any atom is -0.385 e. The minimum atomic E-state index is -2.86. The monoisotopic (exact) mass is 269 g/mol. The predicted octanol–water partition coefficient (Wildman–Crippen LogP) is 2.83. The molecular formula is C14H23NO2S. The van der Waals surface area contributed by atoms with E-state index in [1.807, 2.05) is 18.2 Å². The Kier molecular flexibility index (Phi) is 4.79. The van der Waals surface area contributed by atoms with Gasteiger partial charge in [-0.3, -0.25) is 0 Å². The Labute approximate surface area is 111 Å². The van der Waals surface area contributed by atoms with Crippen molar-refractivity contribution in [1.82, 2.24) is 0 Å². The van der Waals surface area contributed by atoms with Gasteiger partial charge in [0.2, 0.25) is 0 Å². The van der Waals surface area contributed by atoms with Gasteiger partial charge in [-0.1, -0.05) is 39.0 Å². The quantitative estimate of drug-likeness (QED) is 0.836. The van der Waals surface area contributed by atoms with E-state index in [-0.39, 0.29) is 11.2 Å². The topological polar surface area (TPSA) is 46.2 Å². The predicted molar refractivity (Wildman–Crippen MR) is 78.0 cm³/mol. The fourth-order valence-electron chi connectivity index (χ4n) is 1.85. The first-order chi connectivity index (χ1) is 8.20. The molecule has 0 aliphatic rings. The SMILES string of the molecule is CC(C)(C)c1ccccc1NCCCS(C)(=O)=O. The maximum atomic E-state index is 11.0. The van der Waals surface area contributed by atoms with Crippen LogP contribution in [0.5, 0.6) is 0 Å². The maximum Gasteiger partial charge on any atom is 0.147 e. The second-order valence-corrected chi connectivity index (χ2v) is 7.97. The Morgan fingerprint density at radius 1 is 1.17 bits per heavy atom. The van der Waals surface area contributed by atoms with Crippen molar-refractivity contribution in [2.45, 2.75) is 32.6 Å². The van der Waals surface area contributed by atoms with Crippen LogP contribution >= 0.6 is 0 Å². The summed E-state index contributed by atoms with van der Waals surface area (Å²) in [5.74, 6) is 0.234. The molecule has 0 aliphatic carbocycles. The molecule has 0 spiro atoms. The Hall–Kier alpha value is -1.03. The Morgan fingerprint density at radius 2 is 1.78 bits per heavy atom. The molecule has 0 radical (unpaired) electrons. The molecule has 0 atom stereocenters. The van der Waals surface area contributed by atoms with Crippen LogP contribution in [0.2, 0.25) is 0 Å². The summed E-state index contributed by atoms with van der Waals surface area (Å²) in [6.45, 7) is 7.19. The molecule has 4 heteroatoms. The first-order valence-electron chi connectivity index (χ1n) is 6.21. The van der Waals surface area contributed by atoms with E-state index in [1.165, 1.54) is 11.8 Å². The summed E-state index contributed by atoms with van der Waals surface area (Å²) in [5.41, 5.74) is 2.43. The summed E-state index contributed by atoms with van der Waals surface area (Å²) in [6.07, 6.45) is 1.91. The minimum absolute atomic E-state index is 0.0838. The van der Waals surface area contributed by atoms with Crippen LogP contribution in [0.15, 0.2) is 24.3 Å². The lowest BCUT2D eigenvalue weighted by molar-refractivity contribution is 0.591. The highest BCUT2D eigenvalue weighted by molar-refractivity contribution is 7.90. The van der Waals surface area contributed by atoms with Crippen molar-refractivity contribution in [3.8, 4) is 0 Å². The summed E-state index contributed by atoms with van der Waals surface area (Å²) in [4.78, 5) is 0. The van der Waals surface area contributed by atoms with Gasteiger partial charge in [0.25, 0.3) is 0 Å². The summed E-state index contributed by atoms with van der Waals surface area (Å²) in [7, 11) is -2.86. The molecular weight excluding hydrogens is 246 g/mol. The lowest BCUT2D eigenvalue weighted by Gasteiger charge is -2.23. The Balaban J connectivity index is 2.63. The zero-order valence-electron chi connectivity index (χ0n) is 11.7. The maximum absolute atomic E-state index is 11.0. The molecule has 1 rings (SSSR count). The molecule has 0 fully saturated rings. The van der Waals surface area contributed by atoms with E-state index in [0.29, 0.717) is 13.0 Å². The summed E-state index contributed by atoms with van der Waals surface area (Å²) in [6, 6.07) is 8.18. The van der Waals surface area contributed by atoms with E-state index >= 15 is 0 Å². The summed E-state index contributed by atoms with van der Waals surface area (Å²) < 4.78 is 22.1. The molecule has 0 unspecified atom stereocenters. The molecule has 0 aromatic heterocycles. The van der Waals surface area contributed by atoms with Gasteiger partial charge in [-0.2, -0.15) is 0 Å². The number of anilines is 1. The van der Waals surface area contributed by atoms with Crippen molar-refractivity contribution < 1.29 is 8.42 Å². The van der Waals surface area contributed by atoms with Crippen molar-refractivity contribution in [2.75, 3.05) is 23.9 Å². The summed E-state index contributed by atoms with van der Waals surface area (Å²) in [5, 5.41) is 3.33. The molecule has 0 saturated carbocycles. The lowest BCUT2D eigenvalue weighted by atomic mass is 9.86. The van der Waals surface area contributed by atoms with Crippen LogP contribution in [0.4, 0.5) is 5.69 Å². The number of hydrogen-bond acceptors (Lipinski definition) is 3. The second kappa shape index (κ2) is 5.74. The summed E-state index contributed by atoms with van der Waals surface area (Å²) >= 11 is 0. The number of rotatable bonds is 5. The van der Waals surface area contributed by atoms with Gasteiger partial charge in [0.15, 0.2) is 0 Å². The number of hydrogen-bond donors (Lipinski definition) is 1. The van der Waals surface area contributed by atoms with E-state index in [9.17, 15) is 8.42 Å². The first kappa shape index (κ1) is 15.0. The van der Waals surface area contributed by atoms with Gasteiger partial charge in [0.05, 0.1) is 5.75 Å². The fourth-order valence-corrected chi connectivity index (χ4v) is 2.52. The van der Waals surface area contributed by atoms with Gasteiger partial charge >= 0.3 is 0 Å². The highest BCUT2D eigenvalue weighted by atomic mass is 32.2. The Bertz CT molecular complexity index is 487. The van der Waals surface area contributed by atoms with Crippen molar-refractivity contribution in [3.05, 3.63) is 29.8 Å². The number of para-hydroxylation sites is 1. The van der Waals surface area contributed by atoms with Gasteiger partial charge in [-0.25, -0.2) is 8.42 Å². The van der Waals surface area contributed by atoms with Crippen molar-refractivity contribution in [1.29, 1.82) is 0 Å². The second-order valence-electron chi connectivity index (χ2n) is 5.71. The number of benzene rings is 1. The molecule has 102 valence electrons. The van der Waals surface area contributed by atoms with Crippen LogP contribution < -0.4 is 5.32 Å². The normalized spacial score (nSPS) is 12.4. The van der Waals surface area contributed by atoms with E-state index in [2.05, 4.69) is 32.2 Å². The van der Waals surface area contributed by atoms with Crippen molar-refractivity contribution in [2.24, 2.45) is 0 Å². The Morgan fingerprint density at radius 3 is 2.33 bits per heavy atom. The molecule has 1 N–H and O–H groups in total. The van der Waals surface area contributed by atoms with Crippen molar-refractivity contribution >= 4 is 15.5 Å². The number of nitrogens with one attached hydrogen (secondary N) is 1. The average molecular weight is 269 g/mol. The van der Waals surface area contributed by atoms with Gasteiger partial charge in [-0.05, 0) is 23.5 Å². The molecule has 1 aromatic carbocycles. The van der Waals surface area contributed by atoms with Crippen LogP contribution in [0.25, 0.3) is 0 Å². The largest absolute Gasteiger partial charge is 0.385 e. The molecule has 0 bridgehead atoms. The van der Waals surface area contributed by atoms with Gasteiger partial charge in [0, 0.05) is 18.5 Å². The van der Waals surface area contributed by atoms with Crippen molar-refractivity contribution in [3.63, 3.8) is 0 Å². The lowest BCUT2D eigenvalue weighted by Crippen LogP contribution is -2.16. The molecule has 0 amide bonds. The van der Waals surface area contributed by atoms with Crippen LogP contribution in [-0.4, -0.2) is 27.0 Å². The van der Waals surface area contributed by atoms with E-state index in [4.69, 9.17) is 0 Å². The molecule has 3 nitrogen and oxygen atoms in total. The van der Waals surface area contributed by atoms with Gasteiger partial charge < -0.3 is 5.32 Å². The van der Waals surface area contributed by atoms with E-state index < -0.39 is 9.84 Å². The number of sulfone groups is 1. The zero-order chi connectivity index (χ0) is 13.8. The van der Waals surface area contributed by atoms with Crippen LogP contribution in [0.3, 0.4) is 0 Å². The molecule has 0 saturated heterocycles. The molecule has 0 aliphatic heterocycles.